The Bertz CT molecular complexity index is 462. The zero-order valence-corrected chi connectivity index (χ0v) is 10.3. The molecule has 0 saturated heterocycles. The van der Waals surface area contributed by atoms with Crippen LogP contribution in [-0.4, -0.2) is 14.5 Å². The van der Waals surface area contributed by atoms with Crippen LogP contribution >= 0.6 is 15.9 Å². The quantitative estimate of drug-likeness (QED) is 0.835. The number of rotatable bonds is 2. The number of nitrogens with zero attached hydrogens (tertiary/aromatic N) is 3. The van der Waals surface area contributed by atoms with Gasteiger partial charge in [-0.1, -0.05) is 0 Å². The summed E-state index contributed by atoms with van der Waals surface area (Å²) in [5.41, 5.74) is 1.03. The molecule has 78 valence electrons. The molecular weight excluding hydrogens is 254 g/mol. The van der Waals surface area contributed by atoms with Gasteiger partial charge in [-0.05, 0) is 35.8 Å². The second-order valence-corrected chi connectivity index (χ2v) is 4.56. The molecule has 0 aliphatic rings. The molecule has 0 spiro atoms. The molecule has 4 heteroatoms. The lowest BCUT2D eigenvalue weighted by Gasteiger charge is -2.11. The number of pyridine rings is 1. The maximum Gasteiger partial charge on any atom is 0.141 e. The Balaban J connectivity index is 2.49. The van der Waals surface area contributed by atoms with E-state index in [-0.39, 0.29) is 0 Å². The Kier molecular flexibility index (Phi) is 2.86. The van der Waals surface area contributed by atoms with Crippen molar-refractivity contribution in [2.75, 3.05) is 0 Å². The van der Waals surface area contributed by atoms with Crippen molar-refractivity contribution < 1.29 is 0 Å². The summed E-state index contributed by atoms with van der Waals surface area (Å²) in [7, 11) is 0. The van der Waals surface area contributed by atoms with E-state index in [1.807, 2.05) is 24.7 Å². The highest BCUT2D eigenvalue weighted by Crippen LogP contribution is 2.22. The molecule has 2 rings (SSSR count). The zero-order chi connectivity index (χ0) is 10.8. The van der Waals surface area contributed by atoms with Crippen molar-refractivity contribution in [3.8, 4) is 11.4 Å². The third-order valence-corrected chi connectivity index (χ3v) is 2.62. The largest absolute Gasteiger partial charge is 0.328 e. The smallest absolute Gasteiger partial charge is 0.141 e. The highest BCUT2D eigenvalue weighted by molar-refractivity contribution is 9.10. The molecule has 0 saturated carbocycles. The van der Waals surface area contributed by atoms with Crippen LogP contribution in [-0.2, 0) is 0 Å². The molecule has 0 atom stereocenters. The molecule has 3 nitrogen and oxygen atoms in total. The fourth-order valence-electron chi connectivity index (χ4n) is 1.49. The molecular formula is C11H12BrN3. The molecule has 0 unspecified atom stereocenters. The Morgan fingerprint density at radius 3 is 2.80 bits per heavy atom. The minimum Gasteiger partial charge on any atom is -0.328 e. The number of imidazole rings is 1. The third-order valence-electron chi connectivity index (χ3n) is 2.19. The molecule has 0 N–H and O–H groups in total. The molecule has 0 aromatic carbocycles. The van der Waals surface area contributed by atoms with E-state index in [9.17, 15) is 0 Å². The Hall–Kier alpha value is -1.16. The fourth-order valence-corrected chi connectivity index (χ4v) is 1.85. The standard InChI is InChI=1S/C11H12BrN3/c1-8(2)15-4-3-14-11(15)9-5-10(12)7-13-6-9/h3-8H,1-2H3. The fraction of sp³-hybridized carbons (Fsp3) is 0.273. The van der Waals surface area contributed by atoms with E-state index in [1.54, 1.807) is 6.20 Å². The monoisotopic (exact) mass is 265 g/mol. The molecule has 2 aromatic heterocycles. The van der Waals surface area contributed by atoms with Crippen molar-refractivity contribution in [2.45, 2.75) is 19.9 Å². The van der Waals surface area contributed by atoms with Crippen LogP contribution in [0.4, 0.5) is 0 Å². The summed E-state index contributed by atoms with van der Waals surface area (Å²) in [5, 5.41) is 0. The van der Waals surface area contributed by atoms with Crippen LogP contribution in [0.25, 0.3) is 11.4 Å². The number of aromatic nitrogens is 3. The van der Waals surface area contributed by atoms with Gasteiger partial charge in [0.25, 0.3) is 0 Å². The lowest BCUT2D eigenvalue weighted by atomic mass is 10.2. The van der Waals surface area contributed by atoms with Gasteiger partial charge >= 0.3 is 0 Å². The van der Waals surface area contributed by atoms with Crippen LogP contribution in [0, 0.1) is 0 Å². The molecule has 15 heavy (non-hydrogen) atoms. The highest BCUT2D eigenvalue weighted by atomic mass is 79.9. The van der Waals surface area contributed by atoms with E-state index >= 15 is 0 Å². The number of hydrogen-bond donors (Lipinski definition) is 0. The molecule has 0 bridgehead atoms. The average Bonchev–Trinajstić information content (AvgIpc) is 2.65. The Morgan fingerprint density at radius 1 is 1.33 bits per heavy atom. The first-order valence-corrected chi connectivity index (χ1v) is 5.61. The van der Waals surface area contributed by atoms with Gasteiger partial charge in [-0.3, -0.25) is 4.98 Å². The highest BCUT2D eigenvalue weighted by Gasteiger charge is 2.08. The van der Waals surface area contributed by atoms with E-state index in [2.05, 4.69) is 44.3 Å². The first-order chi connectivity index (χ1) is 7.18. The van der Waals surface area contributed by atoms with Gasteiger partial charge in [-0.2, -0.15) is 0 Å². The van der Waals surface area contributed by atoms with Crippen LogP contribution in [0.2, 0.25) is 0 Å². The van der Waals surface area contributed by atoms with Gasteiger partial charge in [0.2, 0.25) is 0 Å². The average molecular weight is 266 g/mol. The molecule has 0 radical (unpaired) electrons. The van der Waals surface area contributed by atoms with Crippen molar-refractivity contribution in [3.05, 3.63) is 35.3 Å². The summed E-state index contributed by atoms with van der Waals surface area (Å²) in [6.07, 6.45) is 7.40. The van der Waals surface area contributed by atoms with E-state index in [0.29, 0.717) is 6.04 Å². The van der Waals surface area contributed by atoms with Gasteiger partial charge in [0.1, 0.15) is 5.82 Å². The first-order valence-electron chi connectivity index (χ1n) is 4.82. The summed E-state index contributed by atoms with van der Waals surface area (Å²) >= 11 is 3.41. The molecule has 2 aromatic rings. The van der Waals surface area contributed by atoms with Crippen molar-refractivity contribution in [1.29, 1.82) is 0 Å². The third kappa shape index (κ3) is 2.09. The predicted octanol–water partition coefficient (Wildman–Crippen LogP) is 3.29. The van der Waals surface area contributed by atoms with Crippen LogP contribution in [0.5, 0.6) is 0 Å². The van der Waals surface area contributed by atoms with Crippen molar-refractivity contribution in [1.82, 2.24) is 14.5 Å². The summed E-state index contributed by atoms with van der Waals surface area (Å²) in [4.78, 5) is 8.49. The summed E-state index contributed by atoms with van der Waals surface area (Å²) in [6.45, 7) is 4.27. The van der Waals surface area contributed by atoms with E-state index in [0.717, 1.165) is 15.9 Å². The Labute approximate surface area is 97.3 Å². The molecule has 0 fully saturated rings. The second kappa shape index (κ2) is 4.14. The molecule has 2 heterocycles. The minimum atomic E-state index is 0.404. The summed E-state index contributed by atoms with van der Waals surface area (Å²) in [5.74, 6) is 0.957. The molecule has 0 amide bonds. The van der Waals surface area contributed by atoms with Crippen molar-refractivity contribution in [3.63, 3.8) is 0 Å². The topological polar surface area (TPSA) is 30.7 Å². The van der Waals surface area contributed by atoms with E-state index < -0.39 is 0 Å². The number of halogens is 1. The summed E-state index contributed by atoms with van der Waals surface area (Å²) < 4.78 is 3.10. The Morgan fingerprint density at radius 2 is 2.13 bits per heavy atom. The zero-order valence-electron chi connectivity index (χ0n) is 8.68. The lowest BCUT2D eigenvalue weighted by Crippen LogP contribution is -2.01. The van der Waals surface area contributed by atoms with Gasteiger partial charge in [-0.25, -0.2) is 4.98 Å². The van der Waals surface area contributed by atoms with Crippen molar-refractivity contribution in [2.24, 2.45) is 0 Å². The SMILES string of the molecule is CC(C)n1ccnc1-c1cncc(Br)c1. The van der Waals surface area contributed by atoms with Crippen molar-refractivity contribution >= 4 is 15.9 Å². The van der Waals surface area contributed by atoms with E-state index in [1.165, 1.54) is 0 Å². The minimum absolute atomic E-state index is 0.404. The second-order valence-electron chi connectivity index (χ2n) is 3.64. The van der Waals surface area contributed by atoms with Crippen LogP contribution in [0.15, 0.2) is 35.3 Å². The summed E-state index contributed by atoms with van der Waals surface area (Å²) in [6, 6.07) is 2.43. The maximum absolute atomic E-state index is 4.35. The van der Waals surface area contributed by atoms with Gasteiger partial charge in [-0.15, -0.1) is 0 Å². The molecule has 0 aliphatic heterocycles. The van der Waals surface area contributed by atoms with E-state index in [4.69, 9.17) is 0 Å². The number of hydrogen-bond acceptors (Lipinski definition) is 2. The molecule has 0 aliphatic carbocycles. The van der Waals surface area contributed by atoms with Gasteiger partial charge < -0.3 is 4.57 Å². The normalized spacial score (nSPS) is 10.9. The predicted molar refractivity (Wildman–Crippen MR) is 63.5 cm³/mol. The van der Waals surface area contributed by atoms with Gasteiger partial charge in [0, 0.05) is 40.9 Å². The van der Waals surface area contributed by atoms with Gasteiger partial charge in [0.15, 0.2) is 0 Å². The van der Waals surface area contributed by atoms with Crippen LogP contribution in [0.1, 0.15) is 19.9 Å². The lowest BCUT2D eigenvalue weighted by molar-refractivity contribution is 0.606. The van der Waals surface area contributed by atoms with Crippen LogP contribution < -0.4 is 0 Å². The first kappa shape index (κ1) is 10.4. The maximum atomic E-state index is 4.35. The van der Waals surface area contributed by atoms with Crippen LogP contribution in [0.3, 0.4) is 0 Å². The van der Waals surface area contributed by atoms with Gasteiger partial charge in [0.05, 0.1) is 0 Å².